The quantitative estimate of drug-likeness (QED) is 0.821. The number of alkyl halides is 1. The zero-order chi connectivity index (χ0) is 14.9. The molecule has 3 saturated heterocycles. The molecular weight excluding hydrogens is 269 g/mol. The van der Waals surface area contributed by atoms with E-state index >= 15 is 0 Å². The van der Waals surface area contributed by atoms with Crippen LogP contribution in [0.5, 0.6) is 0 Å². The fraction of sp³-hybridized carbons (Fsp3) is 1.00. The molecule has 4 nitrogen and oxygen atoms in total. The van der Waals surface area contributed by atoms with Crippen molar-refractivity contribution in [2.24, 2.45) is 11.1 Å². The third-order valence-corrected chi connectivity index (χ3v) is 5.79. The average molecular weight is 299 g/mol. The van der Waals surface area contributed by atoms with Crippen LogP contribution in [-0.4, -0.2) is 62.0 Å². The monoisotopic (exact) mass is 299 g/mol. The van der Waals surface area contributed by atoms with Crippen molar-refractivity contribution >= 4 is 0 Å². The van der Waals surface area contributed by atoms with Gasteiger partial charge in [0.25, 0.3) is 0 Å². The van der Waals surface area contributed by atoms with Gasteiger partial charge in [-0.2, -0.15) is 0 Å². The Morgan fingerprint density at radius 2 is 2.05 bits per heavy atom. The van der Waals surface area contributed by atoms with Crippen LogP contribution in [0.1, 0.15) is 39.0 Å². The summed E-state index contributed by atoms with van der Waals surface area (Å²) in [5.41, 5.74) is 6.63. The Bertz CT molecular complexity index is 353. The number of likely N-dealkylation sites (tertiary alicyclic amines) is 1. The van der Waals surface area contributed by atoms with Crippen molar-refractivity contribution in [3.8, 4) is 0 Å². The molecule has 5 heteroatoms. The van der Waals surface area contributed by atoms with Gasteiger partial charge in [-0.1, -0.05) is 19.8 Å². The van der Waals surface area contributed by atoms with E-state index in [9.17, 15) is 4.39 Å². The Balaban J connectivity index is 1.67. The molecule has 21 heavy (non-hydrogen) atoms. The third kappa shape index (κ3) is 2.98. The number of hydrogen-bond donors (Lipinski definition) is 2. The Labute approximate surface area is 127 Å². The van der Waals surface area contributed by atoms with Crippen molar-refractivity contribution in [1.29, 1.82) is 0 Å². The zero-order valence-corrected chi connectivity index (χ0v) is 13.2. The molecule has 0 aromatic heterocycles. The predicted octanol–water partition coefficient (Wildman–Crippen LogP) is 1.30. The Morgan fingerprint density at radius 1 is 1.33 bits per heavy atom. The number of nitrogens with one attached hydrogen (secondary N) is 1. The molecule has 3 heterocycles. The molecule has 3 aliphatic heterocycles. The van der Waals surface area contributed by atoms with Gasteiger partial charge in [0.05, 0.1) is 19.3 Å². The summed E-state index contributed by atoms with van der Waals surface area (Å²) in [6.07, 6.45) is 4.51. The number of hydrogen-bond acceptors (Lipinski definition) is 4. The fourth-order valence-electron chi connectivity index (χ4n) is 4.31. The predicted molar refractivity (Wildman–Crippen MR) is 82.1 cm³/mol. The first kappa shape index (κ1) is 15.7. The normalized spacial score (nSPS) is 40.1. The molecule has 0 radical (unpaired) electrons. The fourth-order valence-corrected chi connectivity index (χ4v) is 4.31. The highest BCUT2D eigenvalue weighted by molar-refractivity contribution is 5.07. The molecule has 3 fully saturated rings. The third-order valence-electron chi connectivity index (χ3n) is 5.79. The van der Waals surface area contributed by atoms with Gasteiger partial charge in [-0.15, -0.1) is 0 Å². The number of rotatable bonds is 4. The van der Waals surface area contributed by atoms with Crippen molar-refractivity contribution in [3.05, 3.63) is 0 Å². The van der Waals surface area contributed by atoms with E-state index in [0.29, 0.717) is 12.0 Å². The number of nitrogens with two attached hydrogens (primary N) is 1. The lowest BCUT2D eigenvalue weighted by molar-refractivity contribution is -0.148. The molecule has 0 saturated carbocycles. The average Bonchev–Trinajstić information content (AvgIpc) is 2.44. The Kier molecular flexibility index (Phi) is 4.55. The van der Waals surface area contributed by atoms with Crippen molar-refractivity contribution in [1.82, 2.24) is 10.2 Å². The second-order valence-corrected chi connectivity index (χ2v) is 7.46. The van der Waals surface area contributed by atoms with Crippen molar-refractivity contribution in [2.75, 3.05) is 39.4 Å². The second kappa shape index (κ2) is 6.11. The maximum atomic E-state index is 14.6. The molecule has 0 aliphatic carbocycles. The summed E-state index contributed by atoms with van der Waals surface area (Å²) in [7, 11) is 0. The van der Waals surface area contributed by atoms with Crippen LogP contribution in [0.2, 0.25) is 0 Å². The molecule has 3 unspecified atom stereocenters. The first-order valence-corrected chi connectivity index (χ1v) is 8.54. The highest BCUT2D eigenvalue weighted by atomic mass is 19.1. The molecule has 3 rings (SSSR count). The Morgan fingerprint density at radius 3 is 2.62 bits per heavy atom. The summed E-state index contributed by atoms with van der Waals surface area (Å²) in [6.45, 7) is 7.09. The zero-order valence-electron chi connectivity index (χ0n) is 13.2. The number of nitrogens with zero attached hydrogens (tertiary/aromatic N) is 1. The van der Waals surface area contributed by atoms with Gasteiger partial charge in [0.1, 0.15) is 6.17 Å². The largest absolute Gasteiger partial charge is 0.380 e. The van der Waals surface area contributed by atoms with E-state index in [1.54, 1.807) is 0 Å². The summed E-state index contributed by atoms with van der Waals surface area (Å²) >= 11 is 0. The van der Waals surface area contributed by atoms with E-state index in [4.69, 9.17) is 10.5 Å². The van der Waals surface area contributed by atoms with Crippen LogP contribution in [0.4, 0.5) is 4.39 Å². The van der Waals surface area contributed by atoms with Crippen molar-refractivity contribution in [3.63, 3.8) is 0 Å². The first-order valence-electron chi connectivity index (χ1n) is 8.54. The van der Waals surface area contributed by atoms with Crippen LogP contribution in [0.3, 0.4) is 0 Å². The minimum absolute atomic E-state index is 0.122. The minimum atomic E-state index is -0.854. The highest BCUT2D eigenvalue weighted by Crippen LogP contribution is 2.40. The Hall–Kier alpha value is -0.230. The molecule has 0 bridgehead atoms. The van der Waals surface area contributed by atoms with Crippen LogP contribution in [-0.2, 0) is 4.74 Å². The lowest BCUT2D eigenvalue weighted by Gasteiger charge is -2.54. The van der Waals surface area contributed by atoms with Gasteiger partial charge in [-0.25, -0.2) is 4.39 Å². The van der Waals surface area contributed by atoms with Crippen LogP contribution < -0.4 is 11.1 Å². The molecule has 0 amide bonds. The lowest BCUT2D eigenvalue weighted by Crippen LogP contribution is -2.72. The van der Waals surface area contributed by atoms with E-state index in [1.807, 2.05) is 0 Å². The van der Waals surface area contributed by atoms with Gasteiger partial charge in [0, 0.05) is 24.0 Å². The van der Waals surface area contributed by atoms with Crippen LogP contribution in [0, 0.1) is 5.41 Å². The van der Waals surface area contributed by atoms with Gasteiger partial charge < -0.3 is 15.8 Å². The summed E-state index contributed by atoms with van der Waals surface area (Å²) in [6, 6.07) is -0.122. The molecule has 0 aromatic rings. The molecule has 3 N–H and O–H groups in total. The first-order chi connectivity index (χ1) is 10.1. The van der Waals surface area contributed by atoms with Gasteiger partial charge in [-0.05, 0) is 32.4 Å². The maximum Gasteiger partial charge on any atom is 0.130 e. The molecule has 122 valence electrons. The number of unbranched alkanes of at least 4 members (excludes halogenated alkanes) is 1. The molecular formula is C16H30FN3O. The summed E-state index contributed by atoms with van der Waals surface area (Å²) in [5.74, 6) is 0. The van der Waals surface area contributed by atoms with E-state index in [-0.39, 0.29) is 6.04 Å². The van der Waals surface area contributed by atoms with E-state index in [1.165, 1.54) is 0 Å². The molecule has 1 spiro atoms. The van der Waals surface area contributed by atoms with Crippen LogP contribution >= 0.6 is 0 Å². The van der Waals surface area contributed by atoms with Crippen molar-refractivity contribution < 1.29 is 9.13 Å². The minimum Gasteiger partial charge on any atom is -0.380 e. The maximum absolute atomic E-state index is 14.6. The smallest absolute Gasteiger partial charge is 0.130 e. The van der Waals surface area contributed by atoms with Gasteiger partial charge >= 0.3 is 0 Å². The van der Waals surface area contributed by atoms with E-state index in [2.05, 4.69) is 17.1 Å². The number of halogens is 1. The van der Waals surface area contributed by atoms with Gasteiger partial charge in [0.2, 0.25) is 0 Å². The number of piperidine rings is 2. The summed E-state index contributed by atoms with van der Waals surface area (Å²) < 4.78 is 20.0. The molecule has 0 aromatic carbocycles. The standard InChI is InChI=1S/C16H30FN3O/c1-2-3-4-16(18)10-19-9-13(17)14(16)20-7-5-15(6-8-20)11-21-12-15/h13-14,19H,2-12,18H2,1H3. The number of ether oxygens (including phenoxy) is 1. The van der Waals surface area contributed by atoms with Gasteiger partial charge in [-0.3, -0.25) is 4.90 Å². The van der Waals surface area contributed by atoms with E-state index < -0.39 is 11.7 Å². The lowest BCUT2D eigenvalue weighted by atomic mass is 9.74. The van der Waals surface area contributed by atoms with Gasteiger partial charge in [0.15, 0.2) is 0 Å². The second-order valence-electron chi connectivity index (χ2n) is 7.46. The molecule has 3 atom stereocenters. The van der Waals surface area contributed by atoms with Crippen LogP contribution in [0.25, 0.3) is 0 Å². The topological polar surface area (TPSA) is 50.5 Å². The summed E-state index contributed by atoms with van der Waals surface area (Å²) in [4.78, 5) is 2.34. The SMILES string of the molecule is CCCCC1(N)CNCC(F)C1N1CCC2(CC1)COC2. The van der Waals surface area contributed by atoms with E-state index in [0.717, 1.165) is 65.0 Å². The molecule has 3 aliphatic rings. The summed E-state index contributed by atoms with van der Waals surface area (Å²) in [5, 5.41) is 3.20. The van der Waals surface area contributed by atoms with Crippen molar-refractivity contribution in [2.45, 2.75) is 56.8 Å². The highest BCUT2D eigenvalue weighted by Gasteiger charge is 2.49. The van der Waals surface area contributed by atoms with Crippen LogP contribution in [0.15, 0.2) is 0 Å².